The Morgan fingerprint density at radius 1 is 0.960 bits per heavy atom. The first-order valence-corrected chi connectivity index (χ1v) is 11.5. The summed E-state index contributed by atoms with van der Waals surface area (Å²) in [6.45, 7) is 7.31. The molecule has 4 fully saturated rings. The van der Waals surface area contributed by atoms with Gasteiger partial charge in [-0.1, -0.05) is 46.5 Å². The third-order valence-corrected chi connectivity index (χ3v) is 9.70. The minimum Gasteiger partial charge on any atom is -0.299 e. The average Bonchev–Trinajstić information content (AvgIpc) is 2.90. The summed E-state index contributed by atoms with van der Waals surface area (Å²) in [4.78, 5) is 12.5. The molecule has 4 aliphatic rings. The standard InChI is InChI=1S/C24H40O/c1-4-5-6-7-17-12-14-23(2)18(16-17)8-9-19-20-10-11-22(25)24(20,3)15-13-21(19)23/h17-21H,4-16H2,1-3H3/t17?,18?,19-,20-,21+,23-,24-/m0/s1. The van der Waals surface area contributed by atoms with Gasteiger partial charge in [0.25, 0.3) is 0 Å². The van der Waals surface area contributed by atoms with Crippen molar-refractivity contribution < 1.29 is 4.79 Å². The van der Waals surface area contributed by atoms with Gasteiger partial charge in [0.1, 0.15) is 5.78 Å². The van der Waals surface area contributed by atoms with Gasteiger partial charge in [0.15, 0.2) is 0 Å². The monoisotopic (exact) mass is 344 g/mol. The van der Waals surface area contributed by atoms with Crippen LogP contribution in [0.3, 0.4) is 0 Å². The number of carbonyl (C=O) groups excluding carboxylic acids is 1. The number of rotatable bonds is 4. The summed E-state index contributed by atoms with van der Waals surface area (Å²) in [6.07, 6.45) is 17.7. The van der Waals surface area contributed by atoms with Crippen molar-refractivity contribution in [2.75, 3.05) is 0 Å². The van der Waals surface area contributed by atoms with Crippen LogP contribution in [-0.4, -0.2) is 5.78 Å². The molecule has 0 N–H and O–H groups in total. The first kappa shape index (κ1) is 18.1. The van der Waals surface area contributed by atoms with Crippen LogP contribution < -0.4 is 0 Å². The van der Waals surface area contributed by atoms with E-state index in [0.29, 0.717) is 11.2 Å². The fourth-order valence-electron chi connectivity index (χ4n) is 8.06. The summed E-state index contributed by atoms with van der Waals surface area (Å²) in [7, 11) is 0. The molecule has 0 aromatic heterocycles. The predicted octanol–water partition coefficient (Wildman–Crippen LogP) is 6.79. The number of hydrogen-bond acceptors (Lipinski definition) is 1. The maximum Gasteiger partial charge on any atom is 0.139 e. The molecular formula is C24H40O. The highest BCUT2D eigenvalue weighted by Gasteiger charge is 2.60. The van der Waals surface area contributed by atoms with E-state index in [-0.39, 0.29) is 5.41 Å². The van der Waals surface area contributed by atoms with E-state index in [9.17, 15) is 4.79 Å². The van der Waals surface area contributed by atoms with Crippen LogP contribution in [0.5, 0.6) is 0 Å². The van der Waals surface area contributed by atoms with E-state index in [0.717, 1.165) is 36.0 Å². The van der Waals surface area contributed by atoms with Gasteiger partial charge in [-0.3, -0.25) is 4.79 Å². The average molecular weight is 345 g/mol. The Morgan fingerprint density at radius 3 is 2.60 bits per heavy atom. The van der Waals surface area contributed by atoms with Crippen molar-refractivity contribution in [3.8, 4) is 0 Å². The number of carbonyl (C=O) groups is 1. The summed E-state index contributed by atoms with van der Waals surface area (Å²) in [5.41, 5.74) is 0.652. The van der Waals surface area contributed by atoms with Crippen molar-refractivity contribution in [2.24, 2.45) is 40.4 Å². The van der Waals surface area contributed by atoms with Crippen LogP contribution in [0, 0.1) is 40.4 Å². The van der Waals surface area contributed by atoms with Crippen molar-refractivity contribution in [3.63, 3.8) is 0 Å². The molecule has 7 atom stereocenters. The Labute approximate surface area is 155 Å². The fraction of sp³-hybridized carbons (Fsp3) is 0.958. The summed E-state index contributed by atoms with van der Waals surface area (Å²) in [6, 6.07) is 0. The number of hydrogen-bond donors (Lipinski definition) is 0. The maximum absolute atomic E-state index is 12.5. The molecule has 4 aliphatic carbocycles. The van der Waals surface area contributed by atoms with Crippen LogP contribution in [0.25, 0.3) is 0 Å². The van der Waals surface area contributed by atoms with Crippen LogP contribution >= 0.6 is 0 Å². The second-order valence-electron chi connectivity index (χ2n) is 10.7. The van der Waals surface area contributed by atoms with Crippen molar-refractivity contribution in [2.45, 2.75) is 104 Å². The Balaban J connectivity index is 1.46. The second kappa shape index (κ2) is 6.68. The molecule has 0 aromatic carbocycles. The van der Waals surface area contributed by atoms with E-state index in [1.54, 1.807) is 0 Å². The molecular weight excluding hydrogens is 304 g/mol. The van der Waals surface area contributed by atoms with Gasteiger partial charge in [0.05, 0.1) is 0 Å². The van der Waals surface area contributed by atoms with E-state index in [1.807, 2.05) is 0 Å². The maximum atomic E-state index is 12.5. The van der Waals surface area contributed by atoms with Crippen LogP contribution in [0.2, 0.25) is 0 Å². The lowest BCUT2D eigenvalue weighted by Crippen LogP contribution is -2.53. The lowest BCUT2D eigenvalue weighted by atomic mass is 9.44. The Morgan fingerprint density at radius 2 is 1.80 bits per heavy atom. The third kappa shape index (κ3) is 2.83. The Kier molecular flexibility index (Phi) is 4.82. The third-order valence-electron chi connectivity index (χ3n) is 9.70. The first-order chi connectivity index (χ1) is 12.0. The fourth-order valence-corrected chi connectivity index (χ4v) is 8.06. The predicted molar refractivity (Wildman–Crippen MR) is 104 cm³/mol. The molecule has 0 saturated heterocycles. The highest BCUT2D eigenvalue weighted by Crippen LogP contribution is 2.66. The first-order valence-electron chi connectivity index (χ1n) is 11.5. The van der Waals surface area contributed by atoms with Crippen molar-refractivity contribution in [1.29, 1.82) is 0 Å². The summed E-state index contributed by atoms with van der Waals surface area (Å²) in [5, 5.41) is 0. The van der Waals surface area contributed by atoms with Gasteiger partial charge < -0.3 is 0 Å². The van der Waals surface area contributed by atoms with E-state index >= 15 is 0 Å². The summed E-state index contributed by atoms with van der Waals surface area (Å²) in [5.74, 6) is 5.11. The zero-order valence-electron chi connectivity index (χ0n) is 17.0. The van der Waals surface area contributed by atoms with Gasteiger partial charge in [0, 0.05) is 11.8 Å². The Hall–Kier alpha value is -0.330. The molecule has 0 heterocycles. The van der Waals surface area contributed by atoms with Gasteiger partial charge in [-0.2, -0.15) is 0 Å². The molecule has 1 heteroatoms. The highest BCUT2D eigenvalue weighted by molar-refractivity contribution is 5.87. The highest BCUT2D eigenvalue weighted by atomic mass is 16.1. The van der Waals surface area contributed by atoms with Crippen LogP contribution in [0.15, 0.2) is 0 Å². The smallest absolute Gasteiger partial charge is 0.139 e. The van der Waals surface area contributed by atoms with Crippen LogP contribution in [0.1, 0.15) is 104 Å². The molecule has 0 bridgehead atoms. The zero-order chi connectivity index (χ0) is 17.7. The van der Waals surface area contributed by atoms with Gasteiger partial charge in [-0.05, 0) is 86.4 Å². The molecule has 4 rings (SSSR count). The van der Waals surface area contributed by atoms with Crippen molar-refractivity contribution in [3.05, 3.63) is 0 Å². The number of ketones is 1. The minimum atomic E-state index is 0.0573. The largest absolute Gasteiger partial charge is 0.299 e. The van der Waals surface area contributed by atoms with E-state index in [2.05, 4.69) is 20.8 Å². The van der Waals surface area contributed by atoms with E-state index in [4.69, 9.17) is 0 Å². The van der Waals surface area contributed by atoms with Crippen molar-refractivity contribution >= 4 is 5.78 Å². The topological polar surface area (TPSA) is 17.1 Å². The van der Waals surface area contributed by atoms with Gasteiger partial charge in [-0.25, -0.2) is 0 Å². The molecule has 25 heavy (non-hydrogen) atoms. The van der Waals surface area contributed by atoms with Crippen LogP contribution in [0.4, 0.5) is 0 Å². The molecule has 0 radical (unpaired) electrons. The van der Waals surface area contributed by atoms with Gasteiger partial charge in [0.2, 0.25) is 0 Å². The number of Topliss-reactive ketones (excluding diaryl/α,β-unsaturated/α-hetero) is 1. The molecule has 2 unspecified atom stereocenters. The second-order valence-corrected chi connectivity index (χ2v) is 10.7. The number of fused-ring (bicyclic) bond motifs is 5. The summed E-state index contributed by atoms with van der Waals surface area (Å²) >= 11 is 0. The van der Waals surface area contributed by atoms with Crippen LogP contribution in [-0.2, 0) is 4.79 Å². The molecule has 4 saturated carbocycles. The van der Waals surface area contributed by atoms with Crippen molar-refractivity contribution in [1.82, 2.24) is 0 Å². The molecule has 0 spiro atoms. The SMILES string of the molecule is CCCCCC1CC[C@@]2(C)C(CC[C@@H]3[C@H]2CC[C@]2(C)C(=O)CC[C@@H]32)C1. The molecule has 0 aliphatic heterocycles. The molecule has 0 amide bonds. The minimum absolute atomic E-state index is 0.0573. The lowest BCUT2D eigenvalue weighted by Gasteiger charge is -2.60. The van der Waals surface area contributed by atoms with E-state index in [1.165, 1.54) is 77.0 Å². The molecule has 1 nitrogen and oxygen atoms in total. The lowest BCUT2D eigenvalue weighted by molar-refractivity contribution is -0.140. The Bertz CT molecular complexity index is 510. The van der Waals surface area contributed by atoms with Gasteiger partial charge >= 0.3 is 0 Å². The van der Waals surface area contributed by atoms with E-state index < -0.39 is 0 Å². The molecule has 142 valence electrons. The number of unbranched alkanes of at least 4 members (excludes halogenated alkanes) is 2. The molecule has 0 aromatic rings. The van der Waals surface area contributed by atoms with Gasteiger partial charge in [-0.15, -0.1) is 0 Å². The zero-order valence-corrected chi connectivity index (χ0v) is 17.0. The normalized spacial score (nSPS) is 49.4. The quantitative estimate of drug-likeness (QED) is 0.513. The summed E-state index contributed by atoms with van der Waals surface area (Å²) < 4.78 is 0.